The molecule has 1 rings (SSSR count). The number of rotatable bonds is 9. The lowest BCUT2D eigenvalue weighted by atomic mass is 10.1. The highest BCUT2D eigenvalue weighted by atomic mass is 16.3. The molecule has 0 atom stereocenters. The van der Waals surface area contributed by atoms with Crippen molar-refractivity contribution in [2.45, 2.75) is 39.7 Å². The molecule has 0 radical (unpaired) electrons. The largest absolute Gasteiger partial charge is 0.395 e. The van der Waals surface area contributed by atoms with E-state index in [9.17, 15) is 4.79 Å². The van der Waals surface area contributed by atoms with Crippen molar-refractivity contribution >= 4 is 11.6 Å². The molecule has 0 saturated heterocycles. The molecule has 1 aromatic carbocycles. The zero-order valence-corrected chi connectivity index (χ0v) is 12.6. The summed E-state index contributed by atoms with van der Waals surface area (Å²) in [5, 5.41) is 11.9. The van der Waals surface area contributed by atoms with Crippen molar-refractivity contribution in [3.8, 4) is 0 Å². The van der Waals surface area contributed by atoms with Gasteiger partial charge < -0.3 is 10.4 Å². The minimum absolute atomic E-state index is 0.0563. The summed E-state index contributed by atoms with van der Waals surface area (Å²) in [5.74, 6) is -0.0563. The number of carbonyl (C=O) groups is 1. The first-order chi connectivity index (χ1) is 9.65. The summed E-state index contributed by atoms with van der Waals surface area (Å²) in [7, 11) is 0. The first-order valence-corrected chi connectivity index (χ1v) is 7.35. The van der Waals surface area contributed by atoms with Gasteiger partial charge in [0.05, 0.1) is 6.61 Å². The second-order valence-corrected chi connectivity index (χ2v) is 5.08. The van der Waals surface area contributed by atoms with Crippen LogP contribution in [0.4, 0.5) is 5.69 Å². The van der Waals surface area contributed by atoms with Crippen LogP contribution in [0.3, 0.4) is 0 Å². The Hall–Kier alpha value is -1.39. The smallest absolute Gasteiger partial charge is 0.221 e. The van der Waals surface area contributed by atoms with Gasteiger partial charge in [0.2, 0.25) is 5.91 Å². The van der Waals surface area contributed by atoms with Crippen LogP contribution >= 0.6 is 0 Å². The molecule has 2 N–H and O–H groups in total. The fourth-order valence-corrected chi connectivity index (χ4v) is 2.15. The maximum atomic E-state index is 11.0. The van der Waals surface area contributed by atoms with Gasteiger partial charge in [0.25, 0.3) is 0 Å². The number of amides is 1. The molecule has 1 amide bonds. The molecular formula is C16H26N2O2. The number of hydrogen-bond donors (Lipinski definition) is 2. The van der Waals surface area contributed by atoms with Gasteiger partial charge in [-0.2, -0.15) is 0 Å². The van der Waals surface area contributed by atoms with E-state index in [1.165, 1.54) is 31.7 Å². The van der Waals surface area contributed by atoms with E-state index in [2.05, 4.69) is 17.1 Å². The van der Waals surface area contributed by atoms with Crippen molar-refractivity contribution in [1.29, 1.82) is 0 Å². The predicted molar refractivity (Wildman–Crippen MR) is 82.6 cm³/mol. The predicted octanol–water partition coefficient (Wildman–Crippen LogP) is 2.63. The van der Waals surface area contributed by atoms with Crippen LogP contribution in [-0.2, 0) is 11.3 Å². The molecule has 0 aliphatic heterocycles. The molecule has 0 aromatic heterocycles. The van der Waals surface area contributed by atoms with Crippen LogP contribution in [0.1, 0.15) is 38.7 Å². The van der Waals surface area contributed by atoms with Crippen LogP contribution in [-0.4, -0.2) is 35.6 Å². The summed E-state index contributed by atoms with van der Waals surface area (Å²) in [6, 6.07) is 7.88. The summed E-state index contributed by atoms with van der Waals surface area (Å²) in [5.41, 5.74) is 2.02. The van der Waals surface area contributed by atoms with Crippen molar-refractivity contribution < 1.29 is 9.90 Å². The highest BCUT2D eigenvalue weighted by molar-refractivity contribution is 5.88. The van der Waals surface area contributed by atoms with Crippen molar-refractivity contribution in [3.63, 3.8) is 0 Å². The Bertz CT molecular complexity index is 390. The minimum Gasteiger partial charge on any atom is -0.395 e. The van der Waals surface area contributed by atoms with Gasteiger partial charge in [-0.15, -0.1) is 0 Å². The molecule has 0 spiro atoms. The summed E-state index contributed by atoms with van der Waals surface area (Å²) in [6.45, 7) is 6.45. The zero-order valence-electron chi connectivity index (χ0n) is 12.6. The molecule has 4 nitrogen and oxygen atoms in total. The number of nitrogens with one attached hydrogen (secondary N) is 1. The van der Waals surface area contributed by atoms with E-state index in [0.29, 0.717) is 6.54 Å². The molecule has 0 heterocycles. The van der Waals surface area contributed by atoms with Crippen LogP contribution in [0, 0.1) is 0 Å². The average molecular weight is 278 g/mol. The van der Waals surface area contributed by atoms with Gasteiger partial charge in [0.15, 0.2) is 0 Å². The third-order valence-electron chi connectivity index (χ3n) is 3.17. The van der Waals surface area contributed by atoms with Crippen LogP contribution in [0.2, 0.25) is 0 Å². The standard InChI is InChI=1S/C16H26N2O2/c1-3-4-5-10-18(11-12-19)13-15-6-8-16(9-7-15)17-14(2)20/h6-9,19H,3-5,10-13H2,1-2H3,(H,17,20). The van der Waals surface area contributed by atoms with Gasteiger partial charge in [0, 0.05) is 25.7 Å². The van der Waals surface area contributed by atoms with Crippen molar-refractivity contribution in [2.24, 2.45) is 0 Å². The molecule has 0 aliphatic rings. The van der Waals surface area contributed by atoms with Crippen LogP contribution < -0.4 is 5.32 Å². The van der Waals surface area contributed by atoms with Gasteiger partial charge in [-0.1, -0.05) is 31.9 Å². The number of benzene rings is 1. The normalized spacial score (nSPS) is 10.8. The highest BCUT2D eigenvalue weighted by Crippen LogP contribution is 2.12. The monoisotopic (exact) mass is 278 g/mol. The van der Waals surface area contributed by atoms with Crippen molar-refractivity contribution in [1.82, 2.24) is 4.90 Å². The topological polar surface area (TPSA) is 52.6 Å². The van der Waals surface area contributed by atoms with Crippen molar-refractivity contribution in [3.05, 3.63) is 29.8 Å². The average Bonchev–Trinajstić information content (AvgIpc) is 2.41. The lowest BCUT2D eigenvalue weighted by molar-refractivity contribution is -0.114. The van der Waals surface area contributed by atoms with E-state index in [1.54, 1.807) is 0 Å². The number of unbranched alkanes of at least 4 members (excludes halogenated alkanes) is 2. The van der Waals surface area contributed by atoms with Gasteiger partial charge in [-0.05, 0) is 30.7 Å². The Morgan fingerprint density at radius 1 is 1.20 bits per heavy atom. The van der Waals surface area contributed by atoms with Crippen LogP contribution in [0.5, 0.6) is 0 Å². The number of aliphatic hydroxyl groups excluding tert-OH is 1. The molecule has 112 valence electrons. The first kappa shape index (κ1) is 16.7. The quantitative estimate of drug-likeness (QED) is 0.683. The molecule has 0 fully saturated rings. The number of anilines is 1. The SMILES string of the molecule is CCCCCN(CCO)Cc1ccc(NC(C)=O)cc1. The molecule has 4 heteroatoms. The van der Waals surface area contributed by atoms with Gasteiger partial charge in [0.1, 0.15) is 0 Å². The van der Waals surface area contributed by atoms with E-state index in [-0.39, 0.29) is 12.5 Å². The van der Waals surface area contributed by atoms with Crippen LogP contribution in [0.15, 0.2) is 24.3 Å². The second kappa shape index (κ2) is 9.50. The summed E-state index contributed by atoms with van der Waals surface area (Å²) in [6.07, 6.45) is 3.60. The Labute approximate surface area is 121 Å². The number of aliphatic hydroxyl groups is 1. The van der Waals surface area contributed by atoms with E-state index < -0.39 is 0 Å². The Balaban J connectivity index is 2.52. The Morgan fingerprint density at radius 2 is 1.90 bits per heavy atom. The van der Waals surface area contributed by atoms with E-state index in [1.807, 2.05) is 24.3 Å². The molecule has 0 bridgehead atoms. The third kappa shape index (κ3) is 6.68. The number of carbonyl (C=O) groups excluding carboxylic acids is 1. The van der Waals surface area contributed by atoms with Crippen LogP contribution in [0.25, 0.3) is 0 Å². The fraction of sp³-hybridized carbons (Fsp3) is 0.562. The molecule has 0 aliphatic carbocycles. The first-order valence-electron chi connectivity index (χ1n) is 7.35. The lowest BCUT2D eigenvalue weighted by Gasteiger charge is -2.21. The van der Waals surface area contributed by atoms with Gasteiger partial charge in [-0.25, -0.2) is 0 Å². The molecular weight excluding hydrogens is 252 g/mol. The molecule has 1 aromatic rings. The summed E-state index contributed by atoms with van der Waals surface area (Å²) < 4.78 is 0. The highest BCUT2D eigenvalue weighted by Gasteiger charge is 2.05. The molecule has 20 heavy (non-hydrogen) atoms. The molecule has 0 unspecified atom stereocenters. The maximum absolute atomic E-state index is 11.0. The Kier molecular flexibility index (Phi) is 7.92. The van der Waals surface area contributed by atoms with E-state index >= 15 is 0 Å². The minimum atomic E-state index is -0.0563. The maximum Gasteiger partial charge on any atom is 0.221 e. The number of nitrogens with zero attached hydrogens (tertiary/aromatic N) is 1. The second-order valence-electron chi connectivity index (χ2n) is 5.08. The lowest BCUT2D eigenvalue weighted by Crippen LogP contribution is -2.27. The summed E-state index contributed by atoms with van der Waals surface area (Å²) in [4.78, 5) is 13.2. The molecule has 0 saturated carbocycles. The number of hydrogen-bond acceptors (Lipinski definition) is 3. The van der Waals surface area contributed by atoms with Gasteiger partial charge in [-0.3, -0.25) is 9.69 Å². The Morgan fingerprint density at radius 3 is 2.45 bits per heavy atom. The third-order valence-corrected chi connectivity index (χ3v) is 3.17. The zero-order chi connectivity index (χ0) is 14.8. The van der Waals surface area contributed by atoms with E-state index in [0.717, 1.165) is 18.8 Å². The van der Waals surface area contributed by atoms with Gasteiger partial charge >= 0.3 is 0 Å². The fourth-order valence-electron chi connectivity index (χ4n) is 2.15. The van der Waals surface area contributed by atoms with E-state index in [4.69, 9.17) is 5.11 Å². The summed E-state index contributed by atoms with van der Waals surface area (Å²) >= 11 is 0. The van der Waals surface area contributed by atoms with Crippen molar-refractivity contribution in [2.75, 3.05) is 25.0 Å².